The smallest absolute Gasteiger partial charge is 0.250 e. The van der Waals surface area contributed by atoms with Crippen LogP contribution in [0.25, 0.3) is 6.08 Å². The van der Waals surface area contributed by atoms with E-state index < -0.39 is 0 Å². The van der Waals surface area contributed by atoms with Gasteiger partial charge in [-0.25, -0.2) is 0 Å². The lowest BCUT2D eigenvalue weighted by molar-refractivity contribution is -0.115. The second-order valence-electron chi connectivity index (χ2n) is 4.73. The first-order valence-corrected chi connectivity index (χ1v) is 8.15. The molecule has 2 N–H and O–H groups in total. The number of nitrogens with one attached hydrogen (secondary N) is 2. The molecule has 0 saturated heterocycles. The molecule has 0 unspecified atom stereocenters. The Morgan fingerprint density at radius 1 is 1.21 bits per heavy atom. The topological polar surface area (TPSA) is 50.4 Å². The highest BCUT2D eigenvalue weighted by Gasteiger charge is 2.06. The monoisotopic (exact) mass is 360 g/mol. The number of halogens is 1. The molecule has 0 radical (unpaired) electrons. The molecule has 0 aliphatic rings. The van der Waals surface area contributed by atoms with Gasteiger partial charge in [-0.15, -0.1) is 0 Å². The molecule has 1 amide bonds. The normalized spacial score (nSPS) is 10.4. The highest BCUT2D eigenvalue weighted by atomic mass is 35.5. The lowest BCUT2D eigenvalue weighted by Gasteiger charge is -2.12. The van der Waals surface area contributed by atoms with Gasteiger partial charge in [0.2, 0.25) is 5.91 Å². The Kier molecular flexibility index (Phi) is 6.78. The van der Waals surface area contributed by atoms with Gasteiger partial charge < -0.3 is 10.1 Å². The lowest BCUT2D eigenvalue weighted by atomic mass is 10.2. The van der Waals surface area contributed by atoms with Gasteiger partial charge in [-0.1, -0.05) is 41.9 Å². The van der Waals surface area contributed by atoms with E-state index in [9.17, 15) is 4.79 Å². The predicted molar refractivity (Wildman–Crippen MR) is 102 cm³/mol. The molecule has 0 aromatic heterocycles. The van der Waals surface area contributed by atoms with Crippen molar-refractivity contribution >= 4 is 46.6 Å². The first kappa shape index (κ1) is 18.0. The van der Waals surface area contributed by atoms with Gasteiger partial charge in [-0.3, -0.25) is 10.1 Å². The van der Waals surface area contributed by atoms with E-state index in [1.165, 1.54) is 6.08 Å². The fourth-order valence-corrected chi connectivity index (χ4v) is 2.34. The quantitative estimate of drug-likeness (QED) is 0.617. The molecule has 0 spiro atoms. The molecular formula is C18H17ClN2O2S. The number of anilines is 1. The zero-order valence-electron chi connectivity index (χ0n) is 13.1. The van der Waals surface area contributed by atoms with Crippen molar-refractivity contribution in [1.82, 2.24) is 5.32 Å². The third-order valence-corrected chi connectivity index (χ3v) is 3.54. The molecule has 2 rings (SSSR count). The minimum absolute atomic E-state index is 0.191. The molecule has 124 valence electrons. The zero-order chi connectivity index (χ0) is 17.4. The van der Waals surface area contributed by atoms with Crippen LogP contribution in [0.3, 0.4) is 0 Å². The van der Waals surface area contributed by atoms with Gasteiger partial charge in [0.1, 0.15) is 5.75 Å². The summed E-state index contributed by atoms with van der Waals surface area (Å²) in [5, 5.41) is 6.30. The number of amides is 1. The number of carbonyl (C=O) groups is 1. The number of rotatable bonds is 5. The van der Waals surface area contributed by atoms with Crippen LogP contribution in [0.15, 0.2) is 54.6 Å². The zero-order valence-corrected chi connectivity index (χ0v) is 14.7. The van der Waals surface area contributed by atoms with Gasteiger partial charge in [0.15, 0.2) is 5.11 Å². The van der Waals surface area contributed by atoms with Crippen LogP contribution >= 0.6 is 23.8 Å². The molecule has 0 heterocycles. The molecule has 0 aliphatic carbocycles. The van der Waals surface area contributed by atoms with Crippen molar-refractivity contribution < 1.29 is 9.53 Å². The highest BCUT2D eigenvalue weighted by molar-refractivity contribution is 7.80. The minimum Gasteiger partial charge on any atom is -0.492 e. The molecule has 24 heavy (non-hydrogen) atoms. The first-order valence-electron chi connectivity index (χ1n) is 7.36. The maximum atomic E-state index is 11.9. The van der Waals surface area contributed by atoms with Crippen LogP contribution in [0, 0.1) is 0 Å². The summed E-state index contributed by atoms with van der Waals surface area (Å²) in [5.74, 6) is 0.324. The minimum atomic E-state index is -0.346. The van der Waals surface area contributed by atoms with Crippen molar-refractivity contribution in [2.45, 2.75) is 6.92 Å². The first-order chi connectivity index (χ1) is 11.6. The van der Waals surface area contributed by atoms with E-state index in [0.29, 0.717) is 23.1 Å². The average molecular weight is 361 g/mol. The number of benzene rings is 2. The SMILES string of the molecule is CCOc1ccccc1NC(=S)NC(=O)C=Cc1ccccc1Cl. The van der Waals surface area contributed by atoms with Gasteiger partial charge in [0.05, 0.1) is 12.3 Å². The van der Waals surface area contributed by atoms with Crippen LogP contribution in [0.4, 0.5) is 5.69 Å². The predicted octanol–water partition coefficient (Wildman–Crippen LogP) is 4.27. The molecule has 0 bridgehead atoms. The number of para-hydroxylation sites is 2. The van der Waals surface area contributed by atoms with Crippen molar-refractivity contribution in [2.24, 2.45) is 0 Å². The van der Waals surface area contributed by atoms with Gasteiger partial charge in [-0.05, 0) is 49.0 Å². The number of ether oxygens (including phenoxy) is 1. The molecule has 4 nitrogen and oxygen atoms in total. The maximum Gasteiger partial charge on any atom is 0.250 e. The Labute approximate surface area is 151 Å². The largest absolute Gasteiger partial charge is 0.492 e. The van der Waals surface area contributed by atoms with E-state index in [4.69, 9.17) is 28.6 Å². The van der Waals surface area contributed by atoms with E-state index in [-0.39, 0.29) is 11.0 Å². The third-order valence-electron chi connectivity index (χ3n) is 2.99. The summed E-state index contributed by atoms with van der Waals surface area (Å²) in [6.07, 6.45) is 3.01. The van der Waals surface area contributed by atoms with Crippen LogP contribution < -0.4 is 15.4 Å². The van der Waals surface area contributed by atoms with E-state index in [1.54, 1.807) is 12.1 Å². The van der Waals surface area contributed by atoms with E-state index in [1.807, 2.05) is 49.4 Å². The van der Waals surface area contributed by atoms with E-state index in [2.05, 4.69) is 10.6 Å². The Bertz CT molecular complexity index is 762. The van der Waals surface area contributed by atoms with Crippen molar-refractivity contribution in [1.29, 1.82) is 0 Å². The Balaban J connectivity index is 1.95. The average Bonchev–Trinajstić information content (AvgIpc) is 2.56. The van der Waals surface area contributed by atoms with E-state index >= 15 is 0 Å². The lowest BCUT2D eigenvalue weighted by Crippen LogP contribution is -2.32. The third kappa shape index (κ3) is 5.37. The molecule has 6 heteroatoms. The Hall–Kier alpha value is -2.37. The van der Waals surface area contributed by atoms with E-state index in [0.717, 1.165) is 5.56 Å². The number of carbonyl (C=O) groups excluding carboxylic acids is 1. The highest BCUT2D eigenvalue weighted by Crippen LogP contribution is 2.23. The van der Waals surface area contributed by atoms with Gasteiger partial charge in [0, 0.05) is 11.1 Å². The number of hydrogen-bond acceptors (Lipinski definition) is 3. The second-order valence-corrected chi connectivity index (χ2v) is 5.54. The molecule has 0 fully saturated rings. The summed E-state index contributed by atoms with van der Waals surface area (Å²) in [5.41, 5.74) is 1.45. The standard InChI is InChI=1S/C18H17ClN2O2S/c1-2-23-16-10-6-5-9-15(16)20-18(24)21-17(22)12-11-13-7-3-4-8-14(13)19/h3-12H,2H2,1H3,(H2,20,21,22,24). The van der Waals surface area contributed by atoms with Crippen LogP contribution in [0.2, 0.25) is 5.02 Å². The van der Waals surface area contributed by atoms with Crippen LogP contribution in [0.5, 0.6) is 5.75 Å². The summed E-state index contributed by atoms with van der Waals surface area (Å²) in [7, 11) is 0. The van der Waals surface area contributed by atoms with Gasteiger partial charge in [-0.2, -0.15) is 0 Å². The van der Waals surface area contributed by atoms with Gasteiger partial charge in [0.25, 0.3) is 0 Å². The van der Waals surface area contributed by atoms with Crippen LogP contribution in [-0.4, -0.2) is 17.6 Å². The summed E-state index contributed by atoms with van der Waals surface area (Å²) >= 11 is 11.2. The van der Waals surface area contributed by atoms with Crippen LogP contribution in [0.1, 0.15) is 12.5 Å². The summed E-state index contributed by atoms with van der Waals surface area (Å²) in [4.78, 5) is 11.9. The maximum absolute atomic E-state index is 11.9. The Morgan fingerprint density at radius 3 is 2.67 bits per heavy atom. The molecule has 2 aromatic carbocycles. The molecule has 0 atom stereocenters. The molecule has 0 aliphatic heterocycles. The van der Waals surface area contributed by atoms with Crippen molar-refractivity contribution in [2.75, 3.05) is 11.9 Å². The van der Waals surface area contributed by atoms with Crippen molar-refractivity contribution in [3.8, 4) is 5.75 Å². The van der Waals surface area contributed by atoms with Crippen molar-refractivity contribution in [3.05, 3.63) is 65.2 Å². The Morgan fingerprint density at radius 2 is 1.92 bits per heavy atom. The molecule has 2 aromatic rings. The summed E-state index contributed by atoms with van der Waals surface area (Å²) in [6.45, 7) is 2.44. The summed E-state index contributed by atoms with van der Waals surface area (Å²) in [6, 6.07) is 14.6. The second kappa shape index (κ2) is 9.05. The van der Waals surface area contributed by atoms with Crippen LogP contribution in [-0.2, 0) is 4.79 Å². The van der Waals surface area contributed by atoms with Gasteiger partial charge >= 0.3 is 0 Å². The number of hydrogen-bond donors (Lipinski definition) is 2. The molecular weight excluding hydrogens is 344 g/mol. The fraction of sp³-hybridized carbons (Fsp3) is 0.111. The number of thiocarbonyl (C=S) groups is 1. The summed E-state index contributed by atoms with van der Waals surface area (Å²) < 4.78 is 5.50. The fourth-order valence-electron chi connectivity index (χ4n) is 1.93. The van der Waals surface area contributed by atoms with Crippen molar-refractivity contribution in [3.63, 3.8) is 0 Å². The molecule has 0 saturated carbocycles.